The Morgan fingerprint density at radius 2 is 1.62 bits per heavy atom. The van der Waals surface area contributed by atoms with Gasteiger partial charge in [0.2, 0.25) is 0 Å². The van der Waals surface area contributed by atoms with E-state index >= 15 is 0 Å². The van der Waals surface area contributed by atoms with Crippen LogP contribution in [0.5, 0.6) is 5.75 Å². The van der Waals surface area contributed by atoms with Crippen LogP contribution in [0.4, 0.5) is 10.1 Å². The Bertz CT molecular complexity index is 1200. The molecular formula is C22H14Cl2FN3O4. The Labute approximate surface area is 191 Å². The summed E-state index contributed by atoms with van der Waals surface area (Å²) in [6.07, 6.45) is 1.28. The quantitative estimate of drug-likeness (QED) is 0.188. The number of hydrazone groups is 1. The summed E-state index contributed by atoms with van der Waals surface area (Å²) in [6.45, 7) is 0. The van der Waals surface area contributed by atoms with Gasteiger partial charge in [-0.25, -0.2) is 14.6 Å². The highest BCUT2D eigenvalue weighted by Gasteiger charge is 2.14. The van der Waals surface area contributed by atoms with Crippen LogP contribution in [0.15, 0.2) is 71.8 Å². The van der Waals surface area contributed by atoms with Crippen LogP contribution < -0.4 is 15.5 Å². The molecule has 0 aromatic heterocycles. The largest absolute Gasteiger partial charge is 0.423 e. The first-order valence-electron chi connectivity index (χ1n) is 8.99. The molecule has 0 aliphatic carbocycles. The van der Waals surface area contributed by atoms with Crippen LogP contribution in [0.25, 0.3) is 0 Å². The van der Waals surface area contributed by atoms with Crippen molar-refractivity contribution in [3.8, 4) is 5.75 Å². The van der Waals surface area contributed by atoms with E-state index in [1.165, 1.54) is 54.7 Å². The van der Waals surface area contributed by atoms with Crippen molar-refractivity contribution in [3.05, 3.63) is 93.7 Å². The Balaban J connectivity index is 1.52. The van der Waals surface area contributed by atoms with Crippen molar-refractivity contribution in [2.75, 3.05) is 5.32 Å². The van der Waals surface area contributed by atoms with Crippen LogP contribution in [-0.4, -0.2) is 24.0 Å². The summed E-state index contributed by atoms with van der Waals surface area (Å²) in [4.78, 5) is 35.7. The van der Waals surface area contributed by atoms with Gasteiger partial charge in [-0.3, -0.25) is 9.59 Å². The lowest BCUT2D eigenvalue weighted by molar-refractivity contribution is -0.136. The van der Waals surface area contributed by atoms with Crippen LogP contribution in [0, 0.1) is 5.82 Å². The number of nitrogens with zero attached hydrogens (tertiary/aromatic N) is 1. The van der Waals surface area contributed by atoms with Gasteiger partial charge in [0, 0.05) is 5.69 Å². The van der Waals surface area contributed by atoms with Crippen molar-refractivity contribution >= 4 is 52.9 Å². The van der Waals surface area contributed by atoms with Crippen molar-refractivity contribution in [2.24, 2.45) is 5.10 Å². The number of esters is 1. The first-order valence-corrected chi connectivity index (χ1v) is 9.75. The first-order chi connectivity index (χ1) is 15.3. The number of hydrogen-bond acceptors (Lipinski definition) is 5. The molecule has 7 nitrogen and oxygen atoms in total. The molecule has 2 amide bonds. The number of ether oxygens (including phenoxy) is 1. The van der Waals surface area contributed by atoms with Crippen molar-refractivity contribution in [2.45, 2.75) is 0 Å². The summed E-state index contributed by atoms with van der Waals surface area (Å²) < 4.78 is 18.8. The fraction of sp³-hybridized carbons (Fsp3) is 0. The Hall–Kier alpha value is -3.75. The number of anilines is 1. The van der Waals surface area contributed by atoms with Crippen molar-refractivity contribution < 1.29 is 23.5 Å². The third-order valence-electron chi connectivity index (χ3n) is 3.95. The lowest BCUT2D eigenvalue weighted by atomic mass is 10.2. The van der Waals surface area contributed by atoms with Crippen LogP contribution >= 0.6 is 23.2 Å². The average molecular weight is 474 g/mol. The topological polar surface area (TPSA) is 96.9 Å². The number of carbonyl (C=O) groups excluding carboxylic acids is 3. The van der Waals surface area contributed by atoms with Crippen molar-refractivity contribution in [3.63, 3.8) is 0 Å². The molecular weight excluding hydrogens is 460 g/mol. The van der Waals surface area contributed by atoms with Gasteiger partial charge in [-0.05, 0) is 60.2 Å². The second kappa shape index (κ2) is 10.5. The van der Waals surface area contributed by atoms with Gasteiger partial charge in [0.15, 0.2) is 0 Å². The van der Waals surface area contributed by atoms with Gasteiger partial charge in [-0.1, -0.05) is 35.3 Å². The molecule has 10 heteroatoms. The molecule has 3 aromatic rings. The molecule has 0 spiro atoms. The summed E-state index contributed by atoms with van der Waals surface area (Å²) in [5.41, 5.74) is 2.74. The van der Waals surface area contributed by atoms with E-state index in [2.05, 4.69) is 15.8 Å². The van der Waals surface area contributed by atoms with Crippen molar-refractivity contribution in [1.82, 2.24) is 5.43 Å². The number of nitrogens with one attached hydrogen (secondary N) is 2. The van der Waals surface area contributed by atoms with Gasteiger partial charge < -0.3 is 10.1 Å². The Kier molecular flexibility index (Phi) is 7.54. The number of rotatable bonds is 5. The summed E-state index contributed by atoms with van der Waals surface area (Å²) in [6, 6.07) is 15.9. The second-order valence-corrected chi connectivity index (χ2v) is 7.03. The van der Waals surface area contributed by atoms with Gasteiger partial charge in [0.1, 0.15) is 11.6 Å². The lowest BCUT2D eigenvalue weighted by Crippen LogP contribution is -2.32. The van der Waals surface area contributed by atoms with E-state index in [1.54, 1.807) is 12.1 Å². The van der Waals surface area contributed by atoms with Crippen LogP contribution in [0.2, 0.25) is 10.0 Å². The average Bonchev–Trinajstić information content (AvgIpc) is 2.77. The summed E-state index contributed by atoms with van der Waals surface area (Å²) in [7, 11) is 0. The maximum Gasteiger partial charge on any atom is 0.346 e. The maximum atomic E-state index is 13.6. The van der Waals surface area contributed by atoms with Crippen LogP contribution in [-0.2, 0) is 9.59 Å². The molecule has 3 aromatic carbocycles. The number of halogens is 3. The second-order valence-electron chi connectivity index (χ2n) is 6.22. The molecule has 2 N–H and O–H groups in total. The molecule has 0 bridgehead atoms. The third-order valence-corrected chi connectivity index (χ3v) is 4.69. The first kappa shape index (κ1) is 22.9. The molecule has 0 heterocycles. The molecule has 0 atom stereocenters. The number of hydrogen-bond donors (Lipinski definition) is 2. The molecule has 162 valence electrons. The SMILES string of the molecule is O=C(N/N=C\c1ccc(OC(=O)c2ccccc2F)cc1)C(=O)Nc1ccc(Cl)c(Cl)c1. The monoisotopic (exact) mass is 473 g/mol. The highest BCUT2D eigenvalue weighted by molar-refractivity contribution is 6.43. The highest BCUT2D eigenvalue weighted by Crippen LogP contribution is 2.24. The lowest BCUT2D eigenvalue weighted by Gasteiger charge is -2.06. The molecule has 0 saturated carbocycles. The zero-order valence-corrected chi connectivity index (χ0v) is 17.7. The number of benzene rings is 3. The minimum absolute atomic E-state index is 0.181. The fourth-order valence-electron chi connectivity index (χ4n) is 2.39. The van der Waals surface area contributed by atoms with Crippen LogP contribution in [0.3, 0.4) is 0 Å². The zero-order chi connectivity index (χ0) is 23.1. The van der Waals surface area contributed by atoms with Gasteiger partial charge in [-0.2, -0.15) is 5.10 Å². The molecule has 0 saturated heterocycles. The summed E-state index contributed by atoms with van der Waals surface area (Å²) >= 11 is 11.6. The molecule has 3 rings (SSSR count). The summed E-state index contributed by atoms with van der Waals surface area (Å²) in [5, 5.41) is 6.59. The maximum absolute atomic E-state index is 13.6. The van der Waals surface area contributed by atoms with Gasteiger partial charge in [-0.15, -0.1) is 0 Å². The smallest absolute Gasteiger partial charge is 0.346 e. The van der Waals surface area contributed by atoms with Gasteiger partial charge in [0.25, 0.3) is 0 Å². The van der Waals surface area contributed by atoms with E-state index in [0.29, 0.717) is 16.3 Å². The van der Waals surface area contributed by atoms with Crippen LogP contribution in [0.1, 0.15) is 15.9 Å². The van der Waals surface area contributed by atoms with E-state index < -0.39 is 23.6 Å². The standard InChI is InChI=1S/C22H14Cl2FN3O4/c23-17-10-7-14(11-18(17)24)27-20(29)21(30)28-26-12-13-5-8-15(9-6-13)32-22(31)16-3-1-2-4-19(16)25/h1-12H,(H,27,29)(H,28,30)/b26-12-. The number of amides is 2. The molecule has 0 fully saturated rings. The van der Waals surface area contributed by atoms with E-state index in [-0.39, 0.29) is 16.3 Å². The Morgan fingerprint density at radius 1 is 0.906 bits per heavy atom. The van der Waals surface area contributed by atoms with E-state index in [9.17, 15) is 18.8 Å². The zero-order valence-electron chi connectivity index (χ0n) is 16.1. The van der Waals surface area contributed by atoms with E-state index in [1.807, 2.05) is 0 Å². The van der Waals surface area contributed by atoms with Gasteiger partial charge in [0.05, 0.1) is 21.8 Å². The molecule has 0 radical (unpaired) electrons. The summed E-state index contributed by atoms with van der Waals surface area (Å²) in [5.74, 6) is -3.26. The molecule has 0 aliphatic heterocycles. The van der Waals surface area contributed by atoms with E-state index in [4.69, 9.17) is 27.9 Å². The predicted molar refractivity (Wildman–Crippen MR) is 119 cm³/mol. The normalized spacial score (nSPS) is 10.6. The molecule has 0 unspecified atom stereocenters. The molecule has 32 heavy (non-hydrogen) atoms. The minimum Gasteiger partial charge on any atom is -0.423 e. The molecule has 0 aliphatic rings. The highest BCUT2D eigenvalue weighted by atomic mass is 35.5. The fourth-order valence-corrected chi connectivity index (χ4v) is 2.69. The Morgan fingerprint density at radius 3 is 2.31 bits per heavy atom. The number of carbonyl (C=O) groups is 3. The minimum atomic E-state index is -0.997. The van der Waals surface area contributed by atoms with Gasteiger partial charge >= 0.3 is 17.8 Å². The van der Waals surface area contributed by atoms with E-state index in [0.717, 1.165) is 6.07 Å². The predicted octanol–water partition coefficient (Wildman–Crippen LogP) is 4.44. The van der Waals surface area contributed by atoms with Crippen molar-refractivity contribution in [1.29, 1.82) is 0 Å². The third kappa shape index (κ3) is 6.13.